The largest absolute Gasteiger partial charge is 0.505 e. The molecule has 0 amide bonds. The summed E-state index contributed by atoms with van der Waals surface area (Å²) in [6.07, 6.45) is 0. The third kappa shape index (κ3) is 6.76. The molecule has 0 aromatic heterocycles. The Morgan fingerprint density at radius 2 is 1.42 bits per heavy atom. The predicted molar refractivity (Wildman–Crippen MR) is 196 cm³/mol. The fourth-order valence-electron chi connectivity index (χ4n) is 5.49. The zero-order valence-electron chi connectivity index (χ0n) is 27.4. The van der Waals surface area contributed by atoms with E-state index in [1.165, 1.54) is 6.07 Å². The lowest BCUT2D eigenvalue weighted by atomic mass is 10.0. The minimum absolute atomic E-state index is 0.0116. The van der Waals surface area contributed by atoms with Gasteiger partial charge in [-0.2, -0.15) is 22.9 Å². The fourth-order valence-corrected chi connectivity index (χ4v) is 6.86. The molecule has 1 atom stereocenters. The van der Waals surface area contributed by atoms with Crippen molar-refractivity contribution in [2.75, 3.05) is 17.1 Å². The molecule has 0 spiro atoms. The molecule has 50 heavy (non-hydrogen) atoms. The number of nitrogens with zero attached hydrogens (tertiary/aromatic N) is 5. The van der Waals surface area contributed by atoms with Crippen LogP contribution < -0.4 is 14.2 Å². The van der Waals surface area contributed by atoms with Crippen LogP contribution in [0.3, 0.4) is 0 Å². The first-order valence-corrected chi connectivity index (χ1v) is 17.7. The van der Waals surface area contributed by atoms with Gasteiger partial charge in [0.2, 0.25) is 0 Å². The molecule has 4 N–H and O–H groups in total. The third-order valence-corrected chi connectivity index (χ3v) is 9.99. The zero-order valence-corrected chi connectivity index (χ0v) is 29.0. The summed E-state index contributed by atoms with van der Waals surface area (Å²) < 4.78 is 55.0. The summed E-state index contributed by atoms with van der Waals surface area (Å²) in [6, 6.07) is 28.0. The van der Waals surface area contributed by atoms with Crippen LogP contribution in [0.5, 0.6) is 11.5 Å². The first kappa shape index (κ1) is 34.2. The lowest BCUT2D eigenvalue weighted by Gasteiger charge is -2.20. The van der Waals surface area contributed by atoms with E-state index in [9.17, 15) is 22.3 Å². The number of nitrogen functional groups attached to an aromatic ring is 1. The van der Waals surface area contributed by atoms with E-state index < -0.39 is 37.7 Å². The van der Waals surface area contributed by atoms with Gasteiger partial charge in [-0.05, 0) is 96.8 Å². The van der Waals surface area contributed by atoms with Gasteiger partial charge in [0.05, 0.1) is 28.1 Å². The molecule has 6 rings (SSSR count). The van der Waals surface area contributed by atoms with E-state index in [0.29, 0.717) is 22.7 Å². The van der Waals surface area contributed by atoms with E-state index >= 15 is 0 Å². The van der Waals surface area contributed by atoms with Gasteiger partial charge in [0.25, 0.3) is 10.1 Å². The van der Waals surface area contributed by atoms with Crippen LogP contribution >= 0.6 is 0 Å². The van der Waals surface area contributed by atoms with Crippen molar-refractivity contribution in [2.24, 2.45) is 20.5 Å². The monoisotopic (exact) mass is 708 g/mol. The van der Waals surface area contributed by atoms with Crippen LogP contribution in [0.2, 0.25) is 0 Å². The summed E-state index contributed by atoms with van der Waals surface area (Å²) in [5.74, 6) is -0.251. The minimum atomic E-state index is -4.81. The topological polar surface area (TPSA) is 180 Å². The van der Waals surface area contributed by atoms with Crippen LogP contribution in [0.15, 0.2) is 122 Å². The Bertz CT molecular complexity index is 2490. The second-order valence-electron chi connectivity index (χ2n) is 11.5. The molecule has 0 aliphatic rings. The minimum Gasteiger partial charge on any atom is -0.505 e. The number of hydrogen-bond donors (Lipinski definition) is 3. The van der Waals surface area contributed by atoms with Gasteiger partial charge in [0.15, 0.2) is 5.75 Å². The van der Waals surface area contributed by atoms with E-state index in [0.717, 1.165) is 27.6 Å². The molecule has 14 heteroatoms. The Labute approximate surface area is 291 Å². The number of aromatic hydroxyl groups is 1. The Balaban J connectivity index is 1.27. The van der Waals surface area contributed by atoms with Crippen LogP contribution in [0.25, 0.3) is 21.5 Å². The van der Waals surface area contributed by atoms with Gasteiger partial charge in [-0.1, -0.05) is 48.5 Å². The number of phenols is 1. The molecule has 6 aromatic rings. The second-order valence-corrected chi connectivity index (χ2v) is 14.1. The van der Waals surface area contributed by atoms with E-state index in [2.05, 4.69) is 20.5 Å². The van der Waals surface area contributed by atoms with E-state index in [1.807, 2.05) is 49.4 Å². The Hall–Kier alpha value is -5.70. The Morgan fingerprint density at radius 1 is 0.760 bits per heavy atom. The molecule has 0 bridgehead atoms. The maximum atomic E-state index is 13.2. The molecule has 254 valence electrons. The molecule has 6 aromatic carbocycles. The number of hydrogen-bond acceptors (Lipinski definition) is 10. The summed E-state index contributed by atoms with van der Waals surface area (Å²) in [6.45, 7) is 5.52. The molecule has 1 unspecified atom stereocenters. The van der Waals surface area contributed by atoms with Gasteiger partial charge in [-0.25, -0.2) is 0 Å². The van der Waals surface area contributed by atoms with Crippen LogP contribution in [0, 0.1) is 20.8 Å². The average Bonchev–Trinajstić information content (AvgIpc) is 3.08. The lowest BCUT2D eigenvalue weighted by molar-refractivity contribution is 0.472. The molecule has 0 saturated heterocycles. The fraction of sp³-hybridized carbons (Fsp3) is 0.111. The van der Waals surface area contributed by atoms with Crippen molar-refractivity contribution >= 4 is 77.1 Å². The third-order valence-electron chi connectivity index (χ3n) is 8.14. The van der Waals surface area contributed by atoms with Gasteiger partial charge in [0, 0.05) is 12.4 Å². The normalized spacial score (nSPS) is 12.7. The summed E-state index contributed by atoms with van der Waals surface area (Å²) in [7, 11) is -3.12. The molecule has 0 fully saturated rings. The van der Waals surface area contributed by atoms with Gasteiger partial charge in [0.1, 0.15) is 22.0 Å². The molecular formula is C36H32N6O6S2. The standard InChI is InChI=1S/C36H32N6O6S2/c1-21-13-18-30(28-11-7-6-10-27(21)28)42(4)49(44)48-26-16-14-25(15-17-26)38-40-34-23(3)19-24-20-31(50(45,46)47)35(36(43)32(24)33(34)37)41-39-29-12-8-5-9-22(29)2/h5-20,43H,37H2,1-4H3,(H,45,46,47). The molecule has 12 nitrogen and oxygen atoms in total. The second kappa shape index (κ2) is 13.7. The van der Waals surface area contributed by atoms with Crippen LogP contribution in [0.1, 0.15) is 16.7 Å². The zero-order chi connectivity index (χ0) is 35.7. The van der Waals surface area contributed by atoms with Crippen molar-refractivity contribution < 1.29 is 26.5 Å². The predicted octanol–water partition coefficient (Wildman–Crippen LogP) is 9.38. The SMILES string of the molecule is Cc1ccccc1N=Nc1c(S(=O)(=O)O)cc2cc(C)c(N=Nc3ccc(OS(=O)N(C)c4ccc(C)c5ccccc45)cc3)c(N)c2c1O. The highest BCUT2D eigenvalue weighted by Crippen LogP contribution is 2.47. The number of phenolic OH excluding ortho intramolecular Hbond substituents is 1. The van der Waals surface area contributed by atoms with Gasteiger partial charge < -0.3 is 15.0 Å². The number of rotatable bonds is 9. The highest BCUT2D eigenvalue weighted by Gasteiger charge is 2.25. The Morgan fingerprint density at radius 3 is 2.12 bits per heavy atom. The maximum Gasteiger partial charge on any atom is 0.318 e. The highest BCUT2D eigenvalue weighted by molar-refractivity contribution is 7.86. The van der Waals surface area contributed by atoms with E-state index in [-0.39, 0.29) is 22.1 Å². The number of azo groups is 2. The molecule has 0 aliphatic heterocycles. The average molecular weight is 709 g/mol. The Kier molecular flexibility index (Phi) is 9.34. The molecule has 0 aliphatic carbocycles. The summed E-state index contributed by atoms with van der Waals surface area (Å²) in [5.41, 5.74) is 10.3. The summed E-state index contributed by atoms with van der Waals surface area (Å²) >= 11 is -1.84. The van der Waals surface area contributed by atoms with Gasteiger partial charge in [-0.15, -0.1) is 10.2 Å². The highest BCUT2D eigenvalue weighted by atomic mass is 32.2. The van der Waals surface area contributed by atoms with Gasteiger partial charge in [-0.3, -0.25) is 8.86 Å². The number of benzene rings is 6. The van der Waals surface area contributed by atoms with E-state index in [1.54, 1.807) is 73.7 Å². The van der Waals surface area contributed by atoms with Crippen molar-refractivity contribution in [3.63, 3.8) is 0 Å². The van der Waals surface area contributed by atoms with Crippen LogP contribution in [0.4, 0.5) is 34.1 Å². The van der Waals surface area contributed by atoms with Crippen molar-refractivity contribution in [1.82, 2.24) is 0 Å². The number of aryl methyl sites for hydroxylation is 3. The smallest absolute Gasteiger partial charge is 0.318 e. The van der Waals surface area contributed by atoms with Crippen molar-refractivity contribution in [1.29, 1.82) is 0 Å². The number of nitrogens with two attached hydrogens (primary N) is 1. The quantitative estimate of drug-likeness (QED) is 0.0760. The lowest BCUT2D eigenvalue weighted by Crippen LogP contribution is -2.24. The van der Waals surface area contributed by atoms with Crippen molar-refractivity contribution in [3.8, 4) is 11.5 Å². The summed E-state index contributed by atoms with van der Waals surface area (Å²) in [4.78, 5) is -0.630. The first-order valence-electron chi connectivity index (χ1n) is 15.2. The molecule has 0 radical (unpaired) electrons. The van der Waals surface area contributed by atoms with Crippen molar-refractivity contribution in [2.45, 2.75) is 25.7 Å². The van der Waals surface area contributed by atoms with Crippen LogP contribution in [-0.2, 0) is 21.4 Å². The van der Waals surface area contributed by atoms with Gasteiger partial charge >= 0.3 is 11.3 Å². The maximum absolute atomic E-state index is 13.2. The first-order chi connectivity index (χ1) is 23.8. The van der Waals surface area contributed by atoms with E-state index in [4.69, 9.17) is 9.92 Å². The molecule has 0 saturated carbocycles. The van der Waals surface area contributed by atoms with Crippen molar-refractivity contribution in [3.05, 3.63) is 114 Å². The molecular weight excluding hydrogens is 677 g/mol. The molecule has 0 heterocycles. The van der Waals surface area contributed by atoms with Crippen LogP contribution in [-0.4, -0.2) is 29.3 Å². The summed E-state index contributed by atoms with van der Waals surface area (Å²) in [5, 5.41) is 30.3. The number of anilines is 2. The number of fused-ring (bicyclic) bond motifs is 2.